The van der Waals surface area contributed by atoms with Crippen molar-refractivity contribution in [1.82, 2.24) is 4.98 Å². The summed E-state index contributed by atoms with van der Waals surface area (Å²) in [4.78, 5) is 3.43. The zero-order valence-electron chi connectivity index (χ0n) is 7.93. The fourth-order valence-electron chi connectivity index (χ4n) is 1.03. The van der Waals surface area contributed by atoms with Crippen molar-refractivity contribution in [3.63, 3.8) is 0 Å². The molecule has 0 unspecified atom stereocenters. The molecule has 0 aliphatic carbocycles. The van der Waals surface area contributed by atoms with E-state index in [1.807, 2.05) is 0 Å². The first-order chi connectivity index (χ1) is 7.74. The van der Waals surface area contributed by atoms with Crippen LogP contribution in [-0.2, 0) is 6.61 Å². The first-order valence-electron chi connectivity index (χ1n) is 4.08. The largest absolute Gasteiger partial charge is 0.573 e. The molecule has 0 aliphatic heterocycles. The number of nitrogens with zero attached hydrogens (tertiary/aromatic N) is 1. The Balaban J connectivity index is 3.20. The lowest BCUT2D eigenvalue weighted by Crippen LogP contribution is -2.19. The first kappa shape index (κ1) is 14.4. The molecule has 0 saturated heterocycles. The smallest absolute Gasteiger partial charge is 0.403 e. The molecule has 0 aromatic carbocycles. The van der Waals surface area contributed by atoms with Gasteiger partial charge in [-0.3, -0.25) is 0 Å². The van der Waals surface area contributed by atoms with E-state index >= 15 is 0 Å². The highest BCUT2D eigenvalue weighted by atomic mass is 127. The maximum atomic E-state index is 12.5. The summed E-state index contributed by atoms with van der Waals surface area (Å²) >= 11 is 1.40. The fourth-order valence-corrected chi connectivity index (χ4v) is 1.59. The molecule has 0 atom stereocenters. The summed E-state index contributed by atoms with van der Waals surface area (Å²) in [5.41, 5.74) is -1.16. The van der Waals surface area contributed by atoms with Crippen LogP contribution in [0.15, 0.2) is 6.07 Å². The molecule has 1 rings (SSSR count). The summed E-state index contributed by atoms with van der Waals surface area (Å²) in [6.45, 7) is -0.790. The molecular weight excluding hydrogens is 364 g/mol. The van der Waals surface area contributed by atoms with Crippen LogP contribution in [0.25, 0.3) is 0 Å². The van der Waals surface area contributed by atoms with Crippen LogP contribution < -0.4 is 4.74 Å². The monoisotopic (exact) mass is 369 g/mol. The average molecular weight is 369 g/mol. The quantitative estimate of drug-likeness (QED) is 0.506. The van der Waals surface area contributed by atoms with Crippen molar-refractivity contribution in [3.05, 3.63) is 21.0 Å². The zero-order valence-corrected chi connectivity index (χ0v) is 10.1. The van der Waals surface area contributed by atoms with E-state index in [2.05, 4.69) is 9.72 Å². The molecular formula is C8H5F5INO2. The summed E-state index contributed by atoms with van der Waals surface area (Å²) < 4.78 is 64.1. The van der Waals surface area contributed by atoms with Crippen LogP contribution in [0.1, 0.15) is 17.7 Å². The predicted octanol–water partition coefficient (Wildman–Crippen LogP) is 3.01. The Morgan fingerprint density at radius 2 is 2.00 bits per heavy atom. The summed E-state index contributed by atoms with van der Waals surface area (Å²) in [6, 6.07) is 0.526. The molecule has 0 amide bonds. The van der Waals surface area contributed by atoms with Gasteiger partial charge in [-0.15, -0.1) is 13.2 Å². The Kier molecular flexibility index (Phi) is 4.47. The standard InChI is InChI=1S/C8H5F5INO2/c9-6(10)3-1-5(17-8(11,12)13)7(14)15-4(3)2-16/h1,6,16H,2H2. The van der Waals surface area contributed by atoms with Crippen LogP contribution in [-0.4, -0.2) is 16.5 Å². The van der Waals surface area contributed by atoms with Gasteiger partial charge in [0.05, 0.1) is 12.3 Å². The average Bonchev–Trinajstić information content (AvgIpc) is 2.18. The van der Waals surface area contributed by atoms with E-state index in [0.717, 1.165) is 0 Å². The van der Waals surface area contributed by atoms with Crippen LogP contribution in [0.5, 0.6) is 5.75 Å². The summed E-state index contributed by atoms with van der Waals surface area (Å²) in [6.07, 6.45) is -8.03. The van der Waals surface area contributed by atoms with Crippen molar-refractivity contribution < 1.29 is 31.8 Å². The number of halogens is 6. The van der Waals surface area contributed by atoms with Crippen molar-refractivity contribution in [1.29, 1.82) is 0 Å². The van der Waals surface area contributed by atoms with E-state index in [9.17, 15) is 22.0 Å². The van der Waals surface area contributed by atoms with Gasteiger partial charge in [-0.05, 0) is 28.7 Å². The molecule has 9 heteroatoms. The van der Waals surface area contributed by atoms with Crippen molar-refractivity contribution in [2.24, 2.45) is 0 Å². The van der Waals surface area contributed by atoms with Gasteiger partial charge in [-0.25, -0.2) is 13.8 Å². The van der Waals surface area contributed by atoms with E-state index < -0.39 is 30.7 Å². The van der Waals surface area contributed by atoms with Crippen molar-refractivity contribution >= 4 is 22.6 Å². The topological polar surface area (TPSA) is 42.4 Å². The third kappa shape index (κ3) is 3.91. The van der Waals surface area contributed by atoms with E-state index in [1.165, 1.54) is 22.6 Å². The maximum absolute atomic E-state index is 12.5. The summed E-state index contributed by atoms with van der Waals surface area (Å²) in [5, 5.41) is 8.75. The Labute approximate surface area is 106 Å². The zero-order chi connectivity index (χ0) is 13.2. The van der Waals surface area contributed by atoms with Gasteiger partial charge in [0, 0.05) is 5.56 Å². The molecule has 96 valence electrons. The minimum absolute atomic E-state index is 0.256. The Bertz CT molecular complexity index is 410. The summed E-state index contributed by atoms with van der Waals surface area (Å²) in [5.74, 6) is -0.814. The molecule has 1 heterocycles. The number of aromatic nitrogens is 1. The van der Waals surface area contributed by atoms with Crippen LogP contribution in [0.4, 0.5) is 22.0 Å². The highest BCUT2D eigenvalue weighted by Crippen LogP contribution is 2.32. The maximum Gasteiger partial charge on any atom is 0.573 e. The highest BCUT2D eigenvalue weighted by Gasteiger charge is 2.33. The van der Waals surface area contributed by atoms with Crippen LogP contribution in [0.2, 0.25) is 0 Å². The van der Waals surface area contributed by atoms with Crippen LogP contribution in [0, 0.1) is 3.70 Å². The molecule has 17 heavy (non-hydrogen) atoms. The number of alkyl halides is 5. The molecule has 0 bridgehead atoms. The van der Waals surface area contributed by atoms with Crippen LogP contribution >= 0.6 is 22.6 Å². The lowest BCUT2D eigenvalue weighted by Gasteiger charge is -2.13. The van der Waals surface area contributed by atoms with E-state index in [0.29, 0.717) is 6.07 Å². The predicted molar refractivity (Wildman–Crippen MR) is 54.5 cm³/mol. The number of rotatable bonds is 3. The first-order valence-corrected chi connectivity index (χ1v) is 5.16. The Morgan fingerprint density at radius 3 is 2.41 bits per heavy atom. The van der Waals surface area contributed by atoms with Gasteiger partial charge in [-0.1, -0.05) is 0 Å². The van der Waals surface area contributed by atoms with Crippen molar-refractivity contribution in [2.45, 2.75) is 19.4 Å². The van der Waals surface area contributed by atoms with Crippen molar-refractivity contribution in [2.75, 3.05) is 0 Å². The third-order valence-corrected chi connectivity index (χ3v) is 2.44. The second-order valence-corrected chi connectivity index (χ2v) is 3.84. The van der Waals surface area contributed by atoms with Gasteiger partial charge >= 0.3 is 6.36 Å². The van der Waals surface area contributed by atoms with E-state index in [4.69, 9.17) is 5.11 Å². The number of pyridine rings is 1. The van der Waals surface area contributed by atoms with Gasteiger partial charge in [0.2, 0.25) is 0 Å². The Morgan fingerprint density at radius 1 is 1.41 bits per heavy atom. The molecule has 1 aromatic heterocycles. The molecule has 0 saturated carbocycles. The second kappa shape index (κ2) is 5.29. The molecule has 0 spiro atoms. The van der Waals surface area contributed by atoms with E-state index in [1.54, 1.807) is 0 Å². The lowest BCUT2D eigenvalue weighted by atomic mass is 10.2. The van der Waals surface area contributed by atoms with E-state index in [-0.39, 0.29) is 9.39 Å². The summed E-state index contributed by atoms with van der Waals surface area (Å²) in [7, 11) is 0. The van der Waals surface area contributed by atoms with Gasteiger partial charge in [-0.2, -0.15) is 0 Å². The number of hydrogen-bond donors (Lipinski definition) is 1. The molecule has 0 radical (unpaired) electrons. The number of aliphatic hydroxyl groups is 1. The number of aliphatic hydroxyl groups excluding tert-OH is 1. The third-order valence-electron chi connectivity index (χ3n) is 1.67. The normalized spacial score (nSPS) is 12.0. The SMILES string of the molecule is OCc1nc(I)c(OC(F)(F)F)cc1C(F)F. The molecule has 3 nitrogen and oxygen atoms in total. The van der Waals surface area contributed by atoms with Gasteiger partial charge in [0.1, 0.15) is 3.70 Å². The highest BCUT2D eigenvalue weighted by molar-refractivity contribution is 14.1. The number of hydrogen-bond acceptors (Lipinski definition) is 3. The molecule has 1 N–H and O–H groups in total. The van der Waals surface area contributed by atoms with Gasteiger partial charge < -0.3 is 9.84 Å². The molecule has 0 aliphatic rings. The minimum Gasteiger partial charge on any atom is -0.403 e. The molecule has 0 fully saturated rings. The van der Waals surface area contributed by atoms with Crippen LogP contribution in [0.3, 0.4) is 0 Å². The fraction of sp³-hybridized carbons (Fsp3) is 0.375. The van der Waals surface area contributed by atoms with Gasteiger partial charge in [0.15, 0.2) is 5.75 Å². The second-order valence-electron chi connectivity index (χ2n) is 2.82. The van der Waals surface area contributed by atoms with Gasteiger partial charge in [0.25, 0.3) is 6.43 Å². The lowest BCUT2D eigenvalue weighted by molar-refractivity contribution is -0.275. The van der Waals surface area contributed by atoms with Crippen molar-refractivity contribution in [3.8, 4) is 5.75 Å². The number of ether oxygens (including phenoxy) is 1. The Hall–Kier alpha value is -0.710. The minimum atomic E-state index is -4.98. The molecule has 1 aromatic rings.